The first-order chi connectivity index (χ1) is 11.4. The topological polar surface area (TPSA) is 54.9 Å². The summed E-state index contributed by atoms with van der Waals surface area (Å²) in [6, 6.07) is 8.82. The number of pyridine rings is 1. The normalized spacial score (nSPS) is 10.7. The van der Waals surface area contributed by atoms with E-state index in [0.717, 1.165) is 22.3 Å². The molecule has 0 fully saturated rings. The van der Waals surface area contributed by atoms with Crippen molar-refractivity contribution in [3.8, 4) is 10.6 Å². The molecule has 1 aromatic carbocycles. The highest BCUT2D eigenvalue weighted by Crippen LogP contribution is 2.31. The summed E-state index contributed by atoms with van der Waals surface area (Å²) in [6.07, 6.45) is 1.07. The molecular weight excluding hydrogens is 325 g/mol. The van der Waals surface area contributed by atoms with E-state index in [1.54, 1.807) is 6.92 Å². The number of hydrogen-bond donors (Lipinski definition) is 1. The maximum Gasteiger partial charge on any atom is 0.268 e. The van der Waals surface area contributed by atoms with Crippen LogP contribution >= 0.6 is 11.3 Å². The minimum Gasteiger partial charge on any atom is -0.306 e. The molecule has 3 aromatic rings. The first kappa shape index (κ1) is 16.3. The number of nitrogens with zero attached hydrogens (tertiary/aromatic N) is 2. The molecule has 4 nitrogen and oxygen atoms in total. The lowest BCUT2D eigenvalue weighted by Crippen LogP contribution is -2.12. The number of benzene rings is 1. The quantitative estimate of drug-likeness (QED) is 0.762. The number of thiazole rings is 1. The summed E-state index contributed by atoms with van der Waals surface area (Å²) in [5.74, 6) is -0.429. The fourth-order valence-electron chi connectivity index (χ4n) is 2.40. The molecule has 0 aliphatic rings. The first-order valence-corrected chi connectivity index (χ1v) is 8.23. The van der Waals surface area contributed by atoms with Crippen LogP contribution in [0.3, 0.4) is 0 Å². The predicted molar refractivity (Wildman–Crippen MR) is 93.9 cm³/mol. The van der Waals surface area contributed by atoms with Crippen molar-refractivity contribution in [1.29, 1.82) is 0 Å². The van der Waals surface area contributed by atoms with Crippen LogP contribution in [0.2, 0.25) is 0 Å². The van der Waals surface area contributed by atoms with Gasteiger partial charge in [-0.15, -0.1) is 11.3 Å². The molecule has 0 bridgehead atoms. The summed E-state index contributed by atoms with van der Waals surface area (Å²) in [5.41, 5.74) is 3.99. The van der Waals surface area contributed by atoms with Crippen molar-refractivity contribution in [2.75, 3.05) is 5.32 Å². The van der Waals surface area contributed by atoms with Gasteiger partial charge in [-0.1, -0.05) is 23.8 Å². The highest BCUT2D eigenvalue weighted by Gasteiger charge is 2.17. The highest BCUT2D eigenvalue weighted by atomic mass is 32.1. The summed E-state index contributed by atoms with van der Waals surface area (Å²) in [4.78, 5) is 21.3. The van der Waals surface area contributed by atoms with Crippen molar-refractivity contribution in [1.82, 2.24) is 9.97 Å². The number of carbonyl (C=O) groups is 1. The number of aromatic nitrogens is 2. The molecule has 24 heavy (non-hydrogen) atoms. The zero-order valence-electron chi connectivity index (χ0n) is 13.6. The Morgan fingerprint density at radius 3 is 2.62 bits per heavy atom. The second kappa shape index (κ2) is 6.49. The first-order valence-electron chi connectivity index (χ1n) is 7.42. The molecule has 0 radical (unpaired) electrons. The Labute approximate surface area is 143 Å². The predicted octanol–water partition coefficient (Wildman–Crippen LogP) is 4.52. The number of carbonyl (C=O) groups excluding carboxylic acids is 1. The monoisotopic (exact) mass is 341 g/mol. The number of halogens is 1. The average Bonchev–Trinajstić information content (AvgIpc) is 2.91. The highest BCUT2D eigenvalue weighted by molar-refractivity contribution is 7.17. The van der Waals surface area contributed by atoms with Crippen molar-refractivity contribution < 1.29 is 9.18 Å². The Balaban J connectivity index is 1.88. The van der Waals surface area contributed by atoms with E-state index in [2.05, 4.69) is 21.4 Å². The number of aryl methyl sites for hydroxylation is 3. The van der Waals surface area contributed by atoms with Gasteiger partial charge in [0, 0.05) is 5.56 Å². The van der Waals surface area contributed by atoms with Gasteiger partial charge in [0.1, 0.15) is 21.5 Å². The van der Waals surface area contributed by atoms with Crippen molar-refractivity contribution >= 4 is 23.1 Å². The summed E-state index contributed by atoms with van der Waals surface area (Å²) in [5, 5.41) is 3.48. The van der Waals surface area contributed by atoms with Crippen molar-refractivity contribution in [2.24, 2.45) is 0 Å². The van der Waals surface area contributed by atoms with E-state index in [1.807, 2.05) is 26.0 Å². The largest absolute Gasteiger partial charge is 0.306 e. The lowest BCUT2D eigenvalue weighted by molar-refractivity contribution is 0.102. The molecule has 122 valence electrons. The van der Waals surface area contributed by atoms with E-state index in [0.29, 0.717) is 16.4 Å². The Morgan fingerprint density at radius 1 is 1.17 bits per heavy atom. The SMILES string of the molecule is Cc1ccc(-c2nc(C)c(C(=O)Nc3ccc(F)cn3)s2)c(C)c1. The summed E-state index contributed by atoms with van der Waals surface area (Å²) < 4.78 is 12.9. The molecule has 0 saturated carbocycles. The molecule has 1 amide bonds. The smallest absolute Gasteiger partial charge is 0.268 e. The van der Waals surface area contributed by atoms with Gasteiger partial charge >= 0.3 is 0 Å². The standard InChI is InChI=1S/C18H16FN3OS/c1-10-4-6-14(11(2)8-10)18-21-12(3)16(24-18)17(23)22-15-7-5-13(19)9-20-15/h4-9H,1-3H3,(H,20,22,23). The molecule has 0 unspecified atom stereocenters. The van der Waals surface area contributed by atoms with E-state index < -0.39 is 5.82 Å². The van der Waals surface area contributed by atoms with Gasteiger partial charge in [-0.2, -0.15) is 0 Å². The van der Waals surface area contributed by atoms with Gasteiger partial charge in [-0.25, -0.2) is 14.4 Å². The van der Waals surface area contributed by atoms with Crippen molar-refractivity contribution in [3.05, 3.63) is 64.0 Å². The molecule has 1 N–H and O–H groups in total. The third-order valence-electron chi connectivity index (χ3n) is 3.58. The zero-order chi connectivity index (χ0) is 17.3. The van der Waals surface area contributed by atoms with Crippen molar-refractivity contribution in [2.45, 2.75) is 20.8 Å². The summed E-state index contributed by atoms with van der Waals surface area (Å²) in [7, 11) is 0. The van der Waals surface area contributed by atoms with Crippen LogP contribution < -0.4 is 5.32 Å². The fraction of sp³-hybridized carbons (Fsp3) is 0.167. The number of hydrogen-bond acceptors (Lipinski definition) is 4. The molecule has 2 aromatic heterocycles. The molecule has 0 saturated heterocycles. The van der Waals surface area contributed by atoms with Gasteiger partial charge in [-0.3, -0.25) is 4.79 Å². The number of nitrogens with one attached hydrogen (secondary N) is 1. The molecule has 3 rings (SSSR count). The molecule has 0 spiro atoms. The summed E-state index contributed by atoms with van der Waals surface area (Å²) in [6.45, 7) is 5.87. The van der Waals surface area contributed by atoms with E-state index in [-0.39, 0.29) is 5.91 Å². The average molecular weight is 341 g/mol. The van der Waals surface area contributed by atoms with Crippen LogP contribution in [0.1, 0.15) is 26.5 Å². The van der Waals surface area contributed by atoms with Crippen LogP contribution in [0.4, 0.5) is 10.2 Å². The number of rotatable bonds is 3. The van der Waals surface area contributed by atoms with Crippen LogP contribution in [0.25, 0.3) is 10.6 Å². The third-order valence-corrected chi connectivity index (χ3v) is 4.77. The second-order valence-electron chi connectivity index (χ2n) is 5.57. The minimum atomic E-state index is -0.445. The van der Waals surface area contributed by atoms with Crippen LogP contribution in [0.15, 0.2) is 36.5 Å². The molecule has 6 heteroatoms. The molecule has 0 aliphatic heterocycles. The molecule has 0 aliphatic carbocycles. The Bertz CT molecular complexity index is 903. The van der Waals surface area contributed by atoms with Crippen LogP contribution in [0.5, 0.6) is 0 Å². The van der Waals surface area contributed by atoms with Gasteiger partial charge in [0.05, 0.1) is 11.9 Å². The van der Waals surface area contributed by atoms with E-state index >= 15 is 0 Å². The zero-order valence-corrected chi connectivity index (χ0v) is 14.4. The van der Waals surface area contributed by atoms with Crippen LogP contribution in [-0.4, -0.2) is 15.9 Å². The maximum atomic E-state index is 12.9. The van der Waals surface area contributed by atoms with E-state index in [4.69, 9.17) is 0 Å². The molecular formula is C18H16FN3OS. The minimum absolute atomic E-state index is 0.292. The van der Waals surface area contributed by atoms with Gasteiger partial charge in [0.2, 0.25) is 0 Å². The van der Waals surface area contributed by atoms with Crippen molar-refractivity contribution in [3.63, 3.8) is 0 Å². The van der Waals surface area contributed by atoms with Gasteiger partial charge in [0.15, 0.2) is 0 Å². The van der Waals surface area contributed by atoms with Crippen LogP contribution in [0, 0.1) is 26.6 Å². The van der Waals surface area contributed by atoms with Gasteiger partial charge < -0.3 is 5.32 Å². The van der Waals surface area contributed by atoms with E-state index in [9.17, 15) is 9.18 Å². The Morgan fingerprint density at radius 2 is 1.96 bits per heavy atom. The van der Waals surface area contributed by atoms with Gasteiger partial charge in [-0.05, 0) is 38.5 Å². The molecule has 2 heterocycles. The number of anilines is 1. The Hall–Kier alpha value is -2.60. The van der Waals surface area contributed by atoms with Crippen LogP contribution in [-0.2, 0) is 0 Å². The van der Waals surface area contributed by atoms with E-state index in [1.165, 1.54) is 29.0 Å². The third kappa shape index (κ3) is 3.33. The maximum absolute atomic E-state index is 12.9. The Kier molecular flexibility index (Phi) is 4.40. The summed E-state index contributed by atoms with van der Waals surface area (Å²) >= 11 is 1.34. The molecule has 0 atom stereocenters. The lowest BCUT2D eigenvalue weighted by Gasteiger charge is -2.03. The van der Waals surface area contributed by atoms with Gasteiger partial charge in [0.25, 0.3) is 5.91 Å². The fourth-order valence-corrected chi connectivity index (χ4v) is 3.45. The lowest BCUT2D eigenvalue weighted by atomic mass is 10.1. The second-order valence-corrected chi connectivity index (χ2v) is 6.57. The number of amides is 1.